The minimum atomic E-state index is -0.568. The molecule has 0 aliphatic rings. The van der Waals surface area contributed by atoms with Gasteiger partial charge in [0.15, 0.2) is 6.10 Å². The van der Waals surface area contributed by atoms with Crippen LogP contribution in [0.5, 0.6) is 0 Å². The molecule has 0 N–H and O–H groups in total. The Morgan fingerprint density at radius 1 is 0.338 bits per heavy atom. The van der Waals surface area contributed by atoms with Crippen LogP contribution in [0.2, 0.25) is 0 Å². The molecule has 1 atom stereocenters. The summed E-state index contributed by atoms with van der Waals surface area (Å²) in [5.74, 6) is -0.469. The first-order valence-corrected chi connectivity index (χ1v) is 29.1. The highest BCUT2D eigenvalue weighted by Crippen LogP contribution is 2.15. The lowest BCUT2D eigenvalue weighted by atomic mass is 10.1. The first-order chi connectivity index (χ1) is 33.6. The molecule has 0 amide bonds. The predicted molar refractivity (Wildman–Crippen MR) is 297 cm³/mol. The summed E-state index contributed by atoms with van der Waals surface area (Å²) in [5, 5.41) is 0. The van der Waals surface area contributed by atoms with Gasteiger partial charge >= 0.3 is 11.9 Å². The Labute approximate surface area is 422 Å². The van der Waals surface area contributed by atoms with E-state index in [1.807, 2.05) is 0 Å². The van der Waals surface area contributed by atoms with Crippen molar-refractivity contribution in [2.75, 3.05) is 19.8 Å². The lowest BCUT2D eigenvalue weighted by molar-refractivity contribution is -0.163. The van der Waals surface area contributed by atoms with Gasteiger partial charge in [-0.2, -0.15) is 0 Å². The number of esters is 2. The second kappa shape index (κ2) is 58.4. The molecule has 0 saturated heterocycles. The Bertz CT molecular complexity index is 1250. The molecule has 0 heterocycles. The van der Waals surface area contributed by atoms with Gasteiger partial charge in [-0.15, -0.1) is 0 Å². The zero-order valence-corrected chi connectivity index (χ0v) is 45.1. The number of unbranched alkanes of at least 4 members (excludes halogenated alkanes) is 28. The van der Waals surface area contributed by atoms with E-state index in [1.165, 1.54) is 161 Å². The van der Waals surface area contributed by atoms with E-state index in [0.29, 0.717) is 19.4 Å². The summed E-state index contributed by atoms with van der Waals surface area (Å²) in [7, 11) is 0. The molecule has 0 aromatic heterocycles. The summed E-state index contributed by atoms with van der Waals surface area (Å²) in [6.07, 6.45) is 77.6. The maximum Gasteiger partial charge on any atom is 0.306 e. The number of ether oxygens (including phenoxy) is 3. The average molecular weight is 948 g/mol. The van der Waals surface area contributed by atoms with Crippen molar-refractivity contribution in [1.82, 2.24) is 0 Å². The largest absolute Gasteiger partial charge is 0.462 e. The summed E-state index contributed by atoms with van der Waals surface area (Å²) >= 11 is 0. The standard InChI is InChI=1S/C63H110O5/c1-4-7-10-13-16-19-22-25-28-30-31-32-34-37-40-43-46-49-52-55-58-66-59-61(68-63(65)57-54-51-48-45-42-39-35-27-24-21-18-15-12-9-6-3)60-67-62(64)56-53-50-47-44-41-38-36-33-29-26-23-20-17-14-11-8-5-2/h8,11,17,20,25-29,35-36,38,44,47,61H,4-7,9-10,12-16,18-19,21-24,30-34,37,39-43,45-46,48-60H2,1-3H3/b11-8-,20-17-,28-25-,29-26-,35-27-,38-36-,47-44-. The molecule has 0 aromatic rings. The molecule has 0 rings (SSSR count). The Morgan fingerprint density at radius 3 is 1.12 bits per heavy atom. The molecule has 5 heteroatoms. The molecule has 0 bridgehead atoms. The molecule has 5 nitrogen and oxygen atoms in total. The van der Waals surface area contributed by atoms with Crippen molar-refractivity contribution >= 4 is 11.9 Å². The number of carbonyl (C=O) groups is 2. The second-order valence-electron chi connectivity index (χ2n) is 19.2. The minimum Gasteiger partial charge on any atom is -0.462 e. The smallest absolute Gasteiger partial charge is 0.306 e. The molecule has 0 aliphatic heterocycles. The van der Waals surface area contributed by atoms with Gasteiger partial charge in [-0.3, -0.25) is 9.59 Å². The summed E-state index contributed by atoms with van der Waals surface area (Å²) in [6.45, 7) is 7.66. The van der Waals surface area contributed by atoms with Gasteiger partial charge in [0.25, 0.3) is 0 Å². The van der Waals surface area contributed by atoms with Gasteiger partial charge in [-0.25, -0.2) is 0 Å². The number of allylic oxidation sites excluding steroid dienone is 14. The van der Waals surface area contributed by atoms with Crippen molar-refractivity contribution in [2.24, 2.45) is 0 Å². The van der Waals surface area contributed by atoms with Crippen LogP contribution in [0, 0.1) is 0 Å². The normalized spacial score (nSPS) is 12.8. The maximum absolute atomic E-state index is 12.9. The van der Waals surface area contributed by atoms with Gasteiger partial charge in [0.1, 0.15) is 6.61 Å². The lowest BCUT2D eigenvalue weighted by Gasteiger charge is -2.18. The molecule has 0 saturated carbocycles. The fraction of sp³-hybridized carbons (Fsp3) is 0.746. The number of hydrogen-bond acceptors (Lipinski definition) is 5. The third kappa shape index (κ3) is 55.7. The maximum atomic E-state index is 12.9. The molecular formula is C63H110O5. The quantitative estimate of drug-likeness (QED) is 0.0345. The van der Waals surface area contributed by atoms with Crippen molar-refractivity contribution in [3.63, 3.8) is 0 Å². The highest BCUT2D eigenvalue weighted by Gasteiger charge is 2.17. The van der Waals surface area contributed by atoms with Crippen LogP contribution in [-0.4, -0.2) is 37.9 Å². The third-order valence-electron chi connectivity index (χ3n) is 12.4. The van der Waals surface area contributed by atoms with Crippen LogP contribution in [-0.2, 0) is 23.8 Å². The average Bonchev–Trinajstić information content (AvgIpc) is 3.34. The summed E-state index contributed by atoms with van der Waals surface area (Å²) in [4.78, 5) is 25.5. The summed E-state index contributed by atoms with van der Waals surface area (Å²) < 4.78 is 17.4. The van der Waals surface area contributed by atoms with Crippen LogP contribution in [0.4, 0.5) is 0 Å². The molecule has 0 radical (unpaired) electrons. The van der Waals surface area contributed by atoms with Crippen LogP contribution in [0.15, 0.2) is 85.1 Å². The number of hydrogen-bond donors (Lipinski definition) is 0. The fourth-order valence-corrected chi connectivity index (χ4v) is 8.07. The van der Waals surface area contributed by atoms with Crippen LogP contribution >= 0.6 is 0 Å². The van der Waals surface area contributed by atoms with Gasteiger partial charge in [0.2, 0.25) is 0 Å². The Balaban J connectivity index is 4.35. The van der Waals surface area contributed by atoms with Crippen LogP contribution < -0.4 is 0 Å². The van der Waals surface area contributed by atoms with Crippen molar-refractivity contribution in [2.45, 2.75) is 284 Å². The Hall–Kier alpha value is -2.92. The fourth-order valence-electron chi connectivity index (χ4n) is 8.07. The zero-order valence-electron chi connectivity index (χ0n) is 45.1. The van der Waals surface area contributed by atoms with Crippen molar-refractivity contribution < 1.29 is 23.8 Å². The van der Waals surface area contributed by atoms with E-state index in [0.717, 1.165) is 83.5 Å². The first kappa shape index (κ1) is 65.1. The predicted octanol–water partition coefficient (Wildman–Crippen LogP) is 20.0. The van der Waals surface area contributed by atoms with Gasteiger partial charge in [0.05, 0.1) is 6.61 Å². The molecule has 0 spiro atoms. The molecular weight excluding hydrogens is 837 g/mol. The summed E-state index contributed by atoms with van der Waals surface area (Å²) in [6, 6.07) is 0. The van der Waals surface area contributed by atoms with Crippen LogP contribution in [0.3, 0.4) is 0 Å². The van der Waals surface area contributed by atoms with E-state index in [2.05, 4.69) is 106 Å². The van der Waals surface area contributed by atoms with Crippen molar-refractivity contribution in [1.29, 1.82) is 0 Å². The zero-order chi connectivity index (χ0) is 49.2. The number of rotatable bonds is 53. The molecule has 0 aromatic carbocycles. The molecule has 68 heavy (non-hydrogen) atoms. The molecule has 1 unspecified atom stereocenters. The molecule has 392 valence electrons. The van der Waals surface area contributed by atoms with E-state index >= 15 is 0 Å². The van der Waals surface area contributed by atoms with E-state index in [-0.39, 0.29) is 25.2 Å². The molecule has 0 aliphatic carbocycles. The topological polar surface area (TPSA) is 61.8 Å². The van der Waals surface area contributed by atoms with Crippen molar-refractivity contribution in [3.05, 3.63) is 85.1 Å². The molecule has 0 fully saturated rings. The van der Waals surface area contributed by atoms with E-state index in [9.17, 15) is 9.59 Å². The summed E-state index contributed by atoms with van der Waals surface area (Å²) in [5.41, 5.74) is 0. The van der Waals surface area contributed by atoms with Crippen LogP contribution in [0.25, 0.3) is 0 Å². The van der Waals surface area contributed by atoms with Crippen molar-refractivity contribution in [3.8, 4) is 0 Å². The third-order valence-corrected chi connectivity index (χ3v) is 12.4. The van der Waals surface area contributed by atoms with Gasteiger partial charge in [0, 0.05) is 19.4 Å². The monoisotopic (exact) mass is 947 g/mol. The van der Waals surface area contributed by atoms with E-state index < -0.39 is 6.10 Å². The second-order valence-corrected chi connectivity index (χ2v) is 19.2. The first-order valence-electron chi connectivity index (χ1n) is 29.1. The Kier molecular flexibility index (Phi) is 55.9. The Morgan fingerprint density at radius 2 is 0.676 bits per heavy atom. The number of carbonyl (C=O) groups excluding carboxylic acids is 2. The van der Waals surface area contributed by atoms with E-state index in [1.54, 1.807) is 0 Å². The van der Waals surface area contributed by atoms with E-state index in [4.69, 9.17) is 14.2 Å². The van der Waals surface area contributed by atoms with Gasteiger partial charge in [-0.1, -0.05) is 241 Å². The van der Waals surface area contributed by atoms with Gasteiger partial charge in [-0.05, 0) is 109 Å². The SMILES string of the molecule is CC/C=C\C/C=C\C/C=C\C/C=C\C/C=C\CCCC(=O)OCC(COCCCCCCCCCCCC/C=C\CCCCCCCC)OC(=O)CCCCCCC/C=C\CCCCCCCC. The van der Waals surface area contributed by atoms with Gasteiger partial charge < -0.3 is 14.2 Å². The minimum absolute atomic E-state index is 0.0502. The highest BCUT2D eigenvalue weighted by molar-refractivity contribution is 5.70. The van der Waals surface area contributed by atoms with Crippen LogP contribution in [0.1, 0.15) is 278 Å². The lowest BCUT2D eigenvalue weighted by Crippen LogP contribution is -2.30. The highest BCUT2D eigenvalue weighted by atomic mass is 16.6.